The molecule has 0 aliphatic heterocycles. The molecule has 0 aliphatic rings. The topological polar surface area (TPSA) is 29.1 Å². The predicted octanol–water partition coefficient (Wildman–Crippen LogP) is 3.43. The van der Waals surface area contributed by atoms with Gasteiger partial charge in [0.05, 0.1) is 11.3 Å². The Labute approximate surface area is 104 Å². The second-order valence-corrected chi connectivity index (χ2v) is 3.88. The molecule has 0 aliphatic carbocycles. The number of amides is 1. The standard InChI is InChI=1S/C11H7BrF3NO/c1-2-3-10(17)16-9-6-7(11(13,14)15)4-5-8(9)12/h4-6H,1H3,(H,16,17). The SMILES string of the molecule is CC#CC(=O)Nc1cc(C(F)(F)F)ccc1Br. The normalized spacial score (nSPS) is 10.4. The van der Waals surface area contributed by atoms with Gasteiger partial charge in [0.2, 0.25) is 0 Å². The highest BCUT2D eigenvalue weighted by atomic mass is 79.9. The fourth-order valence-corrected chi connectivity index (χ4v) is 1.41. The van der Waals surface area contributed by atoms with Crippen LogP contribution in [0.4, 0.5) is 18.9 Å². The fourth-order valence-electron chi connectivity index (χ4n) is 1.06. The summed E-state index contributed by atoms with van der Waals surface area (Å²) in [6, 6.07) is 2.99. The lowest BCUT2D eigenvalue weighted by Gasteiger charge is -2.10. The first kappa shape index (κ1) is 13.6. The lowest BCUT2D eigenvalue weighted by Crippen LogP contribution is -2.11. The second kappa shape index (κ2) is 5.23. The highest BCUT2D eigenvalue weighted by Crippen LogP contribution is 2.33. The molecule has 0 radical (unpaired) electrons. The van der Waals surface area contributed by atoms with Crippen LogP contribution in [0.1, 0.15) is 12.5 Å². The molecule has 0 saturated heterocycles. The lowest BCUT2D eigenvalue weighted by atomic mass is 10.2. The van der Waals surface area contributed by atoms with Crippen molar-refractivity contribution in [1.29, 1.82) is 0 Å². The largest absolute Gasteiger partial charge is 0.416 e. The molecular formula is C11H7BrF3NO. The van der Waals surface area contributed by atoms with Crippen molar-refractivity contribution in [2.24, 2.45) is 0 Å². The molecule has 1 rings (SSSR count). The zero-order valence-electron chi connectivity index (χ0n) is 8.65. The van der Waals surface area contributed by atoms with Gasteiger partial charge in [-0.3, -0.25) is 4.79 Å². The lowest BCUT2D eigenvalue weighted by molar-refractivity contribution is -0.137. The Morgan fingerprint density at radius 1 is 1.41 bits per heavy atom. The Morgan fingerprint density at radius 2 is 2.06 bits per heavy atom. The van der Waals surface area contributed by atoms with Gasteiger partial charge < -0.3 is 5.32 Å². The van der Waals surface area contributed by atoms with Crippen LogP contribution in [0.3, 0.4) is 0 Å². The van der Waals surface area contributed by atoms with Crippen LogP contribution in [0.15, 0.2) is 22.7 Å². The third kappa shape index (κ3) is 3.79. The summed E-state index contributed by atoms with van der Waals surface area (Å²) < 4.78 is 37.6. The fraction of sp³-hybridized carbons (Fsp3) is 0.182. The number of nitrogens with one attached hydrogen (secondary N) is 1. The number of halogens is 4. The Bertz CT molecular complexity index is 500. The Balaban J connectivity index is 3.06. The van der Waals surface area contributed by atoms with Crippen LogP contribution in [0.25, 0.3) is 0 Å². The van der Waals surface area contributed by atoms with E-state index in [1.54, 1.807) is 0 Å². The van der Waals surface area contributed by atoms with E-state index in [9.17, 15) is 18.0 Å². The smallest absolute Gasteiger partial charge is 0.314 e. The molecule has 2 nitrogen and oxygen atoms in total. The third-order valence-corrected chi connectivity index (χ3v) is 2.47. The first-order valence-electron chi connectivity index (χ1n) is 4.45. The number of hydrogen-bond donors (Lipinski definition) is 1. The minimum absolute atomic E-state index is 0.0348. The summed E-state index contributed by atoms with van der Waals surface area (Å²) >= 11 is 3.05. The Morgan fingerprint density at radius 3 is 2.59 bits per heavy atom. The summed E-state index contributed by atoms with van der Waals surface area (Å²) in [5.41, 5.74) is -0.798. The van der Waals surface area contributed by atoms with Gasteiger partial charge in [-0.2, -0.15) is 13.2 Å². The highest BCUT2D eigenvalue weighted by molar-refractivity contribution is 9.10. The van der Waals surface area contributed by atoms with Crippen molar-refractivity contribution in [3.63, 3.8) is 0 Å². The molecule has 6 heteroatoms. The van der Waals surface area contributed by atoms with E-state index in [0.29, 0.717) is 4.47 Å². The maximum absolute atomic E-state index is 12.4. The Kier molecular flexibility index (Phi) is 4.18. The first-order chi connectivity index (χ1) is 7.84. The van der Waals surface area contributed by atoms with E-state index >= 15 is 0 Å². The van der Waals surface area contributed by atoms with Crippen LogP contribution in [0.2, 0.25) is 0 Å². The number of carbonyl (C=O) groups is 1. The summed E-state index contributed by atoms with van der Waals surface area (Å²) in [4.78, 5) is 11.1. The number of rotatable bonds is 1. The number of carbonyl (C=O) groups excluding carboxylic acids is 1. The van der Waals surface area contributed by atoms with Crippen LogP contribution in [-0.4, -0.2) is 5.91 Å². The maximum atomic E-state index is 12.4. The molecule has 0 heterocycles. The van der Waals surface area contributed by atoms with Crippen LogP contribution in [0.5, 0.6) is 0 Å². The molecule has 1 aromatic rings. The minimum Gasteiger partial charge on any atom is -0.314 e. The molecular weight excluding hydrogens is 299 g/mol. The molecule has 1 amide bonds. The van der Waals surface area contributed by atoms with Crippen molar-refractivity contribution in [3.8, 4) is 11.8 Å². The molecule has 0 atom stereocenters. The van der Waals surface area contributed by atoms with E-state index in [1.165, 1.54) is 13.0 Å². The van der Waals surface area contributed by atoms with Gasteiger partial charge in [-0.05, 0) is 47.0 Å². The van der Waals surface area contributed by atoms with Gasteiger partial charge in [-0.1, -0.05) is 5.92 Å². The third-order valence-electron chi connectivity index (χ3n) is 1.78. The predicted molar refractivity (Wildman–Crippen MR) is 61.2 cm³/mol. The summed E-state index contributed by atoms with van der Waals surface area (Å²) in [7, 11) is 0. The van der Waals surface area contributed by atoms with Gasteiger partial charge >= 0.3 is 6.18 Å². The van der Waals surface area contributed by atoms with Crippen LogP contribution < -0.4 is 5.32 Å². The van der Waals surface area contributed by atoms with E-state index in [4.69, 9.17) is 0 Å². The maximum Gasteiger partial charge on any atom is 0.416 e. The average molecular weight is 306 g/mol. The van der Waals surface area contributed by atoms with Crippen molar-refractivity contribution < 1.29 is 18.0 Å². The summed E-state index contributed by atoms with van der Waals surface area (Å²) in [5, 5.41) is 2.26. The van der Waals surface area contributed by atoms with Crippen LogP contribution in [0, 0.1) is 11.8 Å². The molecule has 0 unspecified atom stereocenters. The summed E-state index contributed by atoms with van der Waals surface area (Å²) in [6.45, 7) is 1.46. The van der Waals surface area contributed by atoms with E-state index in [-0.39, 0.29) is 5.69 Å². The quantitative estimate of drug-likeness (QED) is 0.791. The first-order valence-corrected chi connectivity index (χ1v) is 5.24. The zero-order valence-corrected chi connectivity index (χ0v) is 10.2. The molecule has 0 spiro atoms. The van der Waals surface area contributed by atoms with Gasteiger partial charge in [0.15, 0.2) is 0 Å². The number of alkyl halides is 3. The Hall–Kier alpha value is -1.48. The number of benzene rings is 1. The van der Waals surface area contributed by atoms with E-state index in [0.717, 1.165) is 12.1 Å². The number of hydrogen-bond acceptors (Lipinski definition) is 1. The van der Waals surface area contributed by atoms with Crippen molar-refractivity contribution in [2.45, 2.75) is 13.1 Å². The van der Waals surface area contributed by atoms with Gasteiger partial charge in [0, 0.05) is 4.47 Å². The molecule has 0 fully saturated rings. The second-order valence-electron chi connectivity index (χ2n) is 3.02. The summed E-state index contributed by atoms with van der Waals surface area (Å²) in [6.07, 6.45) is -4.45. The molecule has 1 N–H and O–H groups in total. The summed E-state index contributed by atoms with van der Waals surface area (Å²) in [5.74, 6) is 3.87. The highest BCUT2D eigenvalue weighted by Gasteiger charge is 2.31. The molecule has 90 valence electrons. The van der Waals surface area contributed by atoms with E-state index in [1.807, 2.05) is 0 Å². The van der Waals surface area contributed by atoms with Crippen molar-refractivity contribution in [2.75, 3.05) is 5.32 Å². The molecule has 17 heavy (non-hydrogen) atoms. The average Bonchev–Trinajstić information content (AvgIpc) is 2.20. The molecule has 0 aromatic heterocycles. The number of anilines is 1. The minimum atomic E-state index is -4.45. The van der Waals surface area contributed by atoms with Crippen LogP contribution in [-0.2, 0) is 11.0 Å². The van der Waals surface area contributed by atoms with Gasteiger partial charge in [-0.25, -0.2) is 0 Å². The van der Waals surface area contributed by atoms with E-state index < -0.39 is 17.6 Å². The van der Waals surface area contributed by atoms with Gasteiger partial charge in [0.25, 0.3) is 5.91 Å². The van der Waals surface area contributed by atoms with Crippen molar-refractivity contribution in [3.05, 3.63) is 28.2 Å². The zero-order chi connectivity index (χ0) is 13.1. The molecule has 0 saturated carbocycles. The van der Waals surface area contributed by atoms with Crippen LogP contribution >= 0.6 is 15.9 Å². The monoisotopic (exact) mass is 305 g/mol. The molecule has 1 aromatic carbocycles. The molecule has 0 bridgehead atoms. The van der Waals surface area contributed by atoms with E-state index in [2.05, 4.69) is 33.1 Å². The van der Waals surface area contributed by atoms with Crippen molar-refractivity contribution in [1.82, 2.24) is 0 Å². The van der Waals surface area contributed by atoms with Crippen molar-refractivity contribution >= 4 is 27.5 Å². The van der Waals surface area contributed by atoms with Gasteiger partial charge in [0.1, 0.15) is 0 Å². The van der Waals surface area contributed by atoms with Gasteiger partial charge in [-0.15, -0.1) is 0 Å².